The summed E-state index contributed by atoms with van der Waals surface area (Å²) in [5.41, 5.74) is 1.98. The van der Waals surface area contributed by atoms with Crippen LogP contribution in [0.3, 0.4) is 0 Å². The van der Waals surface area contributed by atoms with E-state index in [9.17, 15) is 0 Å². The molecule has 0 amide bonds. The molecule has 0 radical (unpaired) electrons. The van der Waals surface area contributed by atoms with E-state index < -0.39 is 0 Å². The third kappa shape index (κ3) is 2.84. The number of methoxy groups -OCH3 is 2. The molecule has 1 aromatic heterocycles. The Morgan fingerprint density at radius 2 is 1.80 bits per heavy atom. The van der Waals surface area contributed by atoms with Crippen LogP contribution in [0, 0.1) is 13.8 Å². The van der Waals surface area contributed by atoms with Crippen molar-refractivity contribution >= 4 is 5.69 Å². The first-order valence-corrected chi connectivity index (χ1v) is 6.34. The Hall–Kier alpha value is -2.24. The lowest BCUT2D eigenvalue weighted by atomic mass is 10.1. The highest BCUT2D eigenvalue weighted by Gasteiger charge is 2.15. The summed E-state index contributed by atoms with van der Waals surface area (Å²) in [7, 11) is 3.23. The van der Waals surface area contributed by atoms with Crippen LogP contribution in [-0.2, 0) is 0 Å². The van der Waals surface area contributed by atoms with Crippen molar-refractivity contribution in [2.24, 2.45) is 0 Å². The average Bonchev–Trinajstić information content (AvgIpc) is 2.87. The van der Waals surface area contributed by atoms with E-state index in [2.05, 4.69) is 15.5 Å². The minimum Gasteiger partial charge on any atom is -0.493 e. The number of hydrogen-bond donors (Lipinski definition) is 1. The molecular weight excluding hydrogens is 258 g/mol. The van der Waals surface area contributed by atoms with Gasteiger partial charge in [0.15, 0.2) is 17.3 Å². The first kappa shape index (κ1) is 14.2. The zero-order chi connectivity index (χ0) is 14.7. The largest absolute Gasteiger partial charge is 0.493 e. The Kier molecular flexibility index (Phi) is 4.12. The second kappa shape index (κ2) is 5.81. The summed E-state index contributed by atoms with van der Waals surface area (Å²) in [4.78, 5) is 4.22. The Morgan fingerprint density at radius 1 is 1.15 bits per heavy atom. The number of nitrogens with zero attached hydrogens (tertiary/aromatic N) is 2. The number of anilines is 1. The lowest BCUT2D eigenvalue weighted by Crippen LogP contribution is -2.08. The van der Waals surface area contributed by atoms with Crippen LogP contribution in [0.4, 0.5) is 5.69 Å². The number of aromatic nitrogens is 2. The molecule has 0 aliphatic heterocycles. The summed E-state index contributed by atoms with van der Waals surface area (Å²) < 4.78 is 15.7. The fraction of sp³-hybridized carbons (Fsp3) is 0.429. The van der Waals surface area contributed by atoms with Gasteiger partial charge < -0.3 is 19.3 Å². The van der Waals surface area contributed by atoms with E-state index in [4.69, 9.17) is 14.0 Å². The van der Waals surface area contributed by atoms with Gasteiger partial charge in [0.2, 0.25) is 5.89 Å². The molecule has 0 saturated heterocycles. The maximum Gasteiger partial charge on any atom is 0.248 e. The van der Waals surface area contributed by atoms with Crippen LogP contribution in [-0.4, -0.2) is 24.4 Å². The molecule has 1 aromatic carbocycles. The maximum atomic E-state index is 5.31. The summed E-state index contributed by atoms with van der Waals surface area (Å²) in [6, 6.07) is 3.73. The van der Waals surface area contributed by atoms with Gasteiger partial charge in [-0.15, -0.1) is 0 Å². The van der Waals surface area contributed by atoms with Crippen molar-refractivity contribution in [3.8, 4) is 11.5 Å². The van der Waals surface area contributed by atoms with E-state index in [-0.39, 0.29) is 6.04 Å². The quantitative estimate of drug-likeness (QED) is 0.906. The standard InChI is InChI=1S/C14H19N3O3/c1-8-6-12(18-4)13(19-5)7-11(8)15-9(2)14-16-10(3)17-20-14/h6-7,9,15H,1-5H3/t9-/m1/s1. The normalized spacial score (nSPS) is 12.1. The maximum absolute atomic E-state index is 5.31. The predicted molar refractivity (Wildman–Crippen MR) is 75.4 cm³/mol. The van der Waals surface area contributed by atoms with E-state index in [0.29, 0.717) is 23.2 Å². The zero-order valence-electron chi connectivity index (χ0n) is 12.4. The minimum atomic E-state index is -0.0898. The molecular formula is C14H19N3O3. The first-order valence-electron chi connectivity index (χ1n) is 6.34. The highest BCUT2D eigenvalue weighted by atomic mass is 16.5. The van der Waals surface area contributed by atoms with Crippen molar-refractivity contribution in [1.29, 1.82) is 0 Å². The van der Waals surface area contributed by atoms with Gasteiger partial charge in [-0.25, -0.2) is 0 Å². The Labute approximate surface area is 118 Å². The monoisotopic (exact) mass is 277 g/mol. The van der Waals surface area contributed by atoms with Gasteiger partial charge in [0, 0.05) is 11.8 Å². The number of hydrogen-bond acceptors (Lipinski definition) is 6. The van der Waals surface area contributed by atoms with Crippen LogP contribution >= 0.6 is 0 Å². The van der Waals surface area contributed by atoms with Gasteiger partial charge in [0.25, 0.3) is 0 Å². The summed E-state index contributed by atoms with van der Waals surface area (Å²) >= 11 is 0. The van der Waals surface area contributed by atoms with E-state index in [1.807, 2.05) is 26.0 Å². The molecule has 0 unspecified atom stereocenters. The van der Waals surface area contributed by atoms with E-state index in [0.717, 1.165) is 11.3 Å². The van der Waals surface area contributed by atoms with Gasteiger partial charge in [-0.2, -0.15) is 4.98 Å². The molecule has 0 aliphatic rings. The molecule has 2 aromatic rings. The summed E-state index contributed by atoms with van der Waals surface area (Å²) in [6.07, 6.45) is 0. The van der Waals surface area contributed by atoms with Crippen molar-refractivity contribution in [3.63, 3.8) is 0 Å². The topological polar surface area (TPSA) is 69.4 Å². The minimum absolute atomic E-state index is 0.0898. The van der Waals surface area contributed by atoms with Gasteiger partial charge in [0.1, 0.15) is 6.04 Å². The van der Waals surface area contributed by atoms with Gasteiger partial charge in [0.05, 0.1) is 14.2 Å². The predicted octanol–water partition coefficient (Wildman–Crippen LogP) is 2.88. The highest BCUT2D eigenvalue weighted by Crippen LogP contribution is 2.34. The lowest BCUT2D eigenvalue weighted by Gasteiger charge is -2.16. The highest BCUT2D eigenvalue weighted by molar-refractivity contribution is 5.60. The Morgan fingerprint density at radius 3 is 2.35 bits per heavy atom. The van der Waals surface area contributed by atoms with E-state index in [1.165, 1.54) is 0 Å². The third-order valence-electron chi connectivity index (χ3n) is 3.02. The fourth-order valence-electron chi connectivity index (χ4n) is 1.92. The smallest absolute Gasteiger partial charge is 0.248 e. The first-order chi connectivity index (χ1) is 9.55. The van der Waals surface area contributed by atoms with Gasteiger partial charge in [-0.3, -0.25) is 0 Å². The van der Waals surface area contributed by atoms with Gasteiger partial charge in [-0.05, 0) is 32.4 Å². The van der Waals surface area contributed by atoms with Crippen molar-refractivity contribution in [2.45, 2.75) is 26.8 Å². The number of benzene rings is 1. The van der Waals surface area contributed by atoms with E-state index >= 15 is 0 Å². The Balaban J connectivity index is 2.24. The molecule has 0 spiro atoms. The number of rotatable bonds is 5. The van der Waals surface area contributed by atoms with E-state index in [1.54, 1.807) is 21.1 Å². The van der Waals surface area contributed by atoms with Crippen LogP contribution in [0.2, 0.25) is 0 Å². The SMILES string of the molecule is COc1cc(C)c(N[C@H](C)c2nc(C)no2)cc1OC. The van der Waals surface area contributed by atoms with Crippen LogP contribution < -0.4 is 14.8 Å². The van der Waals surface area contributed by atoms with Gasteiger partial charge >= 0.3 is 0 Å². The zero-order valence-corrected chi connectivity index (χ0v) is 12.4. The molecule has 1 atom stereocenters. The molecule has 20 heavy (non-hydrogen) atoms. The Bertz CT molecular complexity index is 595. The molecule has 0 fully saturated rings. The molecule has 1 heterocycles. The molecule has 6 nitrogen and oxygen atoms in total. The number of aryl methyl sites for hydroxylation is 2. The summed E-state index contributed by atoms with van der Waals surface area (Å²) in [5, 5.41) is 7.13. The lowest BCUT2D eigenvalue weighted by molar-refractivity contribution is 0.354. The van der Waals surface area contributed by atoms with Crippen LogP contribution in [0.5, 0.6) is 11.5 Å². The van der Waals surface area contributed by atoms with Crippen LogP contribution in [0.1, 0.15) is 30.2 Å². The van der Waals surface area contributed by atoms with Crippen molar-refractivity contribution in [2.75, 3.05) is 19.5 Å². The third-order valence-corrected chi connectivity index (χ3v) is 3.02. The van der Waals surface area contributed by atoms with Crippen LogP contribution in [0.15, 0.2) is 16.7 Å². The summed E-state index contributed by atoms with van der Waals surface area (Å²) in [6.45, 7) is 5.75. The van der Waals surface area contributed by atoms with Crippen molar-refractivity contribution in [1.82, 2.24) is 10.1 Å². The molecule has 0 bridgehead atoms. The fourth-order valence-corrected chi connectivity index (χ4v) is 1.92. The average molecular weight is 277 g/mol. The second-order valence-electron chi connectivity index (χ2n) is 4.57. The molecule has 108 valence electrons. The molecule has 0 aliphatic carbocycles. The number of nitrogens with one attached hydrogen (secondary N) is 1. The summed E-state index contributed by atoms with van der Waals surface area (Å²) in [5.74, 6) is 2.56. The van der Waals surface area contributed by atoms with Crippen molar-refractivity contribution in [3.05, 3.63) is 29.4 Å². The van der Waals surface area contributed by atoms with Gasteiger partial charge in [-0.1, -0.05) is 5.16 Å². The molecule has 1 N–H and O–H groups in total. The van der Waals surface area contributed by atoms with Crippen LogP contribution in [0.25, 0.3) is 0 Å². The van der Waals surface area contributed by atoms with Crippen molar-refractivity contribution < 1.29 is 14.0 Å². The number of ether oxygens (including phenoxy) is 2. The molecule has 0 saturated carbocycles. The second-order valence-corrected chi connectivity index (χ2v) is 4.57. The molecule has 2 rings (SSSR count). The molecule has 6 heteroatoms.